The molecule has 0 heterocycles. The molecule has 0 aliphatic carbocycles. The van der Waals surface area contributed by atoms with Crippen molar-refractivity contribution in [1.82, 2.24) is 4.90 Å². The quantitative estimate of drug-likeness (QED) is 0.582. The van der Waals surface area contributed by atoms with Crippen LogP contribution in [0.2, 0.25) is 0 Å². The fourth-order valence-electron chi connectivity index (χ4n) is 0.595. The molecule has 0 bridgehead atoms. The van der Waals surface area contributed by atoms with Crippen molar-refractivity contribution < 1.29 is 0 Å². The van der Waals surface area contributed by atoms with Gasteiger partial charge in [0, 0.05) is 14.1 Å². The lowest BCUT2D eigenvalue weighted by molar-refractivity contribution is 0.547. The minimum absolute atomic E-state index is 0.141. The molecule has 3 nitrogen and oxygen atoms in total. The molecular weight excluding hydrogens is 158 g/mol. The van der Waals surface area contributed by atoms with Crippen molar-refractivity contribution in [2.75, 3.05) is 20.4 Å². The summed E-state index contributed by atoms with van der Waals surface area (Å²) >= 11 is 1.41. The van der Waals surface area contributed by atoms with E-state index in [0.29, 0.717) is 0 Å². The molecule has 0 aromatic rings. The van der Waals surface area contributed by atoms with E-state index in [2.05, 4.69) is 9.69 Å². The van der Waals surface area contributed by atoms with Crippen molar-refractivity contribution in [2.45, 2.75) is 0 Å². The zero-order valence-electron chi connectivity index (χ0n) is 6.75. The molecule has 0 aromatic carbocycles. The second kappa shape index (κ2) is 4.65. The summed E-state index contributed by atoms with van der Waals surface area (Å²) in [7, 11) is 3.64. The summed E-state index contributed by atoms with van der Waals surface area (Å²) in [5.74, 6) is 0.141. The highest BCUT2D eigenvalue weighted by molar-refractivity contribution is 8.02. The van der Waals surface area contributed by atoms with Gasteiger partial charge in [-0.25, -0.2) is 0 Å². The van der Waals surface area contributed by atoms with Crippen LogP contribution in [0.3, 0.4) is 0 Å². The van der Waals surface area contributed by atoms with Gasteiger partial charge in [-0.05, 0) is 6.26 Å². The van der Waals surface area contributed by atoms with Crippen LogP contribution in [0.15, 0.2) is 10.9 Å². The Bertz CT molecular complexity index is 225. The van der Waals surface area contributed by atoms with E-state index in [4.69, 9.17) is 13.1 Å². The van der Waals surface area contributed by atoms with E-state index in [1.54, 1.807) is 4.90 Å². The van der Waals surface area contributed by atoms with Gasteiger partial charge in [-0.3, -0.25) is 0 Å². The molecule has 11 heavy (non-hydrogen) atoms. The lowest BCUT2D eigenvalue weighted by atomic mass is 10.7. The van der Waals surface area contributed by atoms with Crippen LogP contribution in [-0.2, 0) is 0 Å². The van der Waals surface area contributed by atoms with Gasteiger partial charge in [0.15, 0.2) is 5.03 Å². The number of nitrogens with zero attached hydrogens (tertiary/aromatic N) is 3. The molecule has 4 heteroatoms. The lowest BCUT2D eigenvalue weighted by Gasteiger charge is -2.10. The Morgan fingerprint density at radius 2 is 1.73 bits per heavy atom. The van der Waals surface area contributed by atoms with Crippen LogP contribution in [0, 0.1) is 13.1 Å². The predicted octanol–water partition coefficient (Wildman–Crippen LogP) is 1.88. The van der Waals surface area contributed by atoms with Gasteiger partial charge >= 0.3 is 5.82 Å². The molecule has 0 amide bonds. The van der Waals surface area contributed by atoms with Gasteiger partial charge in [0.25, 0.3) is 0 Å². The molecule has 0 radical (unpaired) electrons. The smallest absolute Gasteiger partial charge is 0.375 e. The van der Waals surface area contributed by atoms with E-state index >= 15 is 0 Å². The highest BCUT2D eigenvalue weighted by Crippen LogP contribution is 2.20. The molecule has 58 valence electrons. The van der Waals surface area contributed by atoms with Crippen molar-refractivity contribution in [1.29, 1.82) is 0 Å². The zero-order valence-corrected chi connectivity index (χ0v) is 7.57. The van der Waals surface area contributed by atoms with Crippen molar-refractivity contribution >= 4 is 11.8 Å². The van der Waals surface area contributed by atoms with E-state index in [0.717, 1.165) is 5.03 Å². The second-order valence-electron chi connectivity index (χ2n) is 1.95. The van der Waals surface area contributed by atoms with Crippen LogP contribution < -0.4 is 0 Å². The average molecular weight is 167 g/mol. The minimum atomic E-state index is 0.141. The Kier molecular flexibility index (Phi) is 4.17. The van der Waals surface area contributed by atoms with Crippen LogP contribution in [0.25, 0.3) is 9.69 Å². The minimum Gasteiger partial charge on any atom is -0.375 e. The molecule has 0 saturated carbocycles. The van der Waals surface area contributed by atoms with Gasteiger partial charge < -0.3 is 4.90 Å². The molecular formula is C7H9N3S. The summed E-state index contributed by atoms with van der Waals surface area (Å²) < 4.78 is 0. The first-order chi connectivity index (χ1) is 5.17. The van der Waals surface area contributed by atoms with E-state index in [9.17, 15) is 0 Å². The molecule has 0 aliphatic heterocycles. The Morgan fingerprint density at radius 3 is 1.82 bits per heavy atom. The molecule has 0 aromatic heterocycles. The van der Waals surface area contributed by atoms with Gasteiger partial charge in [0.2, 0.25) is 0 Å². The maximum absolute atomic E-state index is 6.70. The predicted molar refractivity (Wildman–Crippen MR) is 47.4 cm³/mol. The van der Waals surface area contributed by atoms with E-state index < -0.39 is 0 Å². The summed E-state index contributed by atoms with van der Waals surface area (Å²) in [6.07, 6.45) is 1.85. The fraction of sp³-hybridized carbons (Fsp3) is 0.429. The first-order valence-electron chi connectivity index (χ1n) is 2.87. The van der Waals surface area contributed by atoms with Gasteiger partial charge in [0.05, 0.1) is 0 Å². The summed E-state index contributed by atoms with van der Waals surface area (Å²) in [5, 5.41) is 0.718. The first kappa shape index (κ1) is 9.87. The van der Waals surface area contributed by atoms with Crippen molar-refractivity contribution in [3.63, 3.8) is 0 Å². The summed E-state index contributed by atoms with van der Waals surface area (Å²) in [4.78, 5) is 8.00. The number of thioether (sulfide) groups is 1. The standard InChI is InChI=1S/C7H9N3S/c1-8-6(9-2)7(11-5)10(3)4/h3-5H3. The monoisotopic (exact) mass is 167 g/mol. The Balaban J connectivity index is 4.86. The maximum atomic E-state index is 6.70. The van der Waals surface area contributed by atoms with Gasteiger partial charge in [0.1, 0.15) is 13.1 Å². The Hall–Kier alpha value is -1.13. The fourth-order valence-corrected chi connectivity index (χ4v) is 1.23. The Labute approximate surface area is 71.3 Å². The Morgan fingerprint density at radius 1 is 1.27 bits per heavy atom. The van der Waals surface area contributed by atoms with Gasteiger partial charge in [-0.15, -0.1) is 11.8 Å². The second-order valence-corrected chi connectivity index (χ2v) is 2.75. The van der Waals surface area contributed by atoms with Crippen LogP contribution in [0.5, 0.6) is 0 Å². The normalized spacial score (nSPS) is 7.73. The van der Waals surface area contributed by atoms with E-state index in [1.807, 2.05) is 20.4 Å². The average Bonchev–Trinajstić information content (AvgIpc) is 1.99. The highest BCUT2D eigenvalue weighted by atomic mass is 32.2. The molecule has 0 spiro atoms. The number of hydrogen-bond donors (Lipinski definition) is 0. The van der Waals surface area contributed by atoms with Crippen molar-refractivity contribution in [3.8, 4) is 0 Å². The molecule has 0 aliphatic rings. The van der Waals surface area contributed by atoms with Crippen molar-refractivity contribution in [3.05, 3.63) is 33.7 Å². The SMILES string of the molecule is [C-]#[N+]C([N+]#[C-])=C(SC)N(C)C. The molecule has 0 rings (SSSR count). The van der Waals surface area contributed by atoms with Crippen LogP contribution in [-0.4, -0.2) is 25.3 Å². The van der Waals surface area contributed by atoms with Crippen LogP contribution >= 0.6 is 11.8 Å². The van der Waals surface area contributed by atoms with Crippen LogP contribution in [0.1, 0.15) is 0 Å². The lowest BCUT2D eigenvalue weighted by Crippen LogP contribution is -2.09. The topological polar surface area (TPSA) is 12.0 Å². The largest absolute Gasteiger partial charge is 0.549 e. The maximum Gasteiger partial charge on any atom is 0.549 e. The third-order valence-electron chi connectivity index (χ3n) is 1.00. The third-order valence-corrected chi connectivity index (χ3v) is 1.94. The van der Waals surface area contributed by atoms with Gasteiger partial charge in [-0.2, -0.15) is 9.69 Å². The number of rotatable bonds is 2. The molecule has 0 unspecified atom stereocenters. The molecule has 0 fully saturated rings. The molecule has 0 N–H and O–H groups in total. The highest BCUT2D eigenvalue weighted by Gasteiger charge is 2.14. The van der Waals surface area contributed by atoms with Crippen LogP contribution in [0.4, 0.5) is 0 Å². The van der Waals surface area contributed by atoms with Crippen molar-refractivity contribution in [2.24, 2.45) is 0 Å². The molecule has 0 atom stereocenters. The van der Waals surface area contributed by atoms with Gasteiger partial charge in [-0.1, -0.05) is 0 Å². The third kappa shape index (κ3) is 2.53. The first-order valence-corrected chi connectivity index (χ1v) is 4.10. The summed E-state index contributed by atoms with van der Waals surface area (Å²) in [6, 6.07) is 0. The summed E-state index contributed by atoms with van der Waals surface area (Å²) in [6.45, 7) is 13.4. The van der Waals surface area contributed by atoms with E-state index in [1.165, 1.54) is 11.8 Å². The van der Waals surface area contributed by atoms with E-state index in [-0.39, 0.29) is 5.82 Å². The number of hydrogen-bond acceptors (Lipinski definition) is 2. The summed E-state index contributed by atoms with van der Waals surface area (Å²) in [5.41, 5.74) is 0. The zero-order chi connectivity index (χ0) is 8.85. The molecule has 0 saturated heterocycles.